The average Bonchev–Trinajstić information content (AvgIpc) is 2.71. The van der Waals surface area contributed by atoms with Crippen molar-refractivity contribution in [2.75, 3.05) is 37.4 Å². The number of rotatable bonds is 6. The van der Waals surface area contributed by atoms with E-state index < -0.39 is 0 Å². The highest BCUT2D eigenvalue weighted by Crippen LogP contribution is 2.27. The first kappa shape index (κ1) is 20.9. The van der Waals surface area contributed by atoms with Crippen molar-refractivity contribution in [3.8, 4) is 0 Å². The number of nitrogens with zero attached hydrogens (tertiary/aromatic N) is 1. The molecule has 0 atom stereocenters. The quantitative estimate of drug-likeness (QED) is 0.648. The van der Waals surface area contributed by atoms with Crippen LogP contribution < -0.4 is 5.32 Å². The lowest BCUT2D eigenvalue weighted by Crippen LogP contribution is -2.41. The Bertz CT molecular complexity index is 853. The molecular weight excluding hydrogens is 440 g/mol. The molecule has 0 aliphatic carbocycles. The first-order valence-electron chi connectivity index (χ1n) is 9.20. The van der Waals surface area contributed by atoms with Gasteiger partial charge < -0.3 is 15.0 Å². The van der Waals surface area contributed by atoms with Crippen molar-refractivity contribution in [3.63, 3.8) is 0 Å². The average molecular weight is 463 g/mol. The van der Waals surface area contributed by atoms with Crippen molar-refractivity contribution < 1.29 is 14.3 Å². The number of anilines is 1. The van der Waals surface area contributed by atoms with Crippen molar-refractivity contribution in [3.05, 3.63) is 58.1 Å². The number of hydrogen-bond acceptors (Lipinski definition) is 4. The summed E-state index contributed by atoms with van der Waals surface area (Å²) in [6.07, 6.45) is 0.396. The number of nitrogens with one attached hydrogen (secondary N) is 1. The summed E-state index contributed by atoms with van der Waals surface area (Å²) in [5.41, 5.74) is 2.11. The second-order valence-corrected chi connectivity index (χ2v) is 8.45. The summed E-state index contributed by atoms with van der Waals surface area (Å²) in [7, 11) is 0. The van der Waals surface area contributed by atoms with Crippen molar-refractivity contribution >= 4 is 45.2 Å². The molecule has 2 aromatic rings. The summed E-state index contributed by atoms with van der Waals surface area (Å²) in [4.78, 5) is 28.1. The molecule has 1 aliphatic rings. The second-order valence-electron chi connectivity index (χ2n) is 6.46. The fourth-order valence-corrected chi connectivity index (χ4v) is 4.48. The van der Waals surface area contributed by atoms with Gasteiger partial charge in [0.1, 0.15) is 0 Å². The van der Waals surface area contributed by atoms with Gasteiger partial charge in [-0.2, -0.15) is 0 Å². The largest absolute Gasteiger partial charge is 0.378 e. The number of hydrogen-bond donors (Lipinski definition) is 1. The van der Waals surface area contributed by atoms with Crippen molar-refractivity contribution in [1.82, 2.24) is 4.90 Å². The van der Waals surface area contributed by atoms with Gasteiger partial charge in [0.25, 0.3) is 5.91 Å². The van der Waals surface area contributed by atoms with Crippen LogP contribution in [-0.2, 0) is 9.53 Å². The molecule has 3 rings (SSSR count). The minimum atomic E-state index is -0.0568. The van der Waals surface area contributed by atoms with E-state index in [-0.39, 0.29) is 11.8 Å². The maximum Gasteiger partial charge on any atom is 0.254 e. The molecule has 5 nitrogen and oxygen atoms in total. The Balaban J connectivity index is 1.58. The maximum absolute atomic E-state index is 12.8. The van der Waals surface area contributed by atoms with Crippen LogP contribution in [0.25, 0.3) is 0 Å². The van der Waals surface area contributed by atoms with E-state index in [0.29, 0.717) is 49.7 Å². The molecule has 0 unspecified atom stereocenters. The minimum Gasteiger partial charge on any atom is -0.378 e. The maximum atomic E-state index is 12.8. The molecule has 1 aliphatic heterocycles. The third kappa shape index (κ3) is 5.37. The van der Waals surface area contributed by atoms with Gasteiger partial charge in [0, 0.05) is 45.9 Å². The van der Waals surface area contributed by atoms with Crippen LogP contribution in [0.2, 0.25) is 0 Å². The Morgan fingerprint density at radius 3 is 2.64 bits per heavy atom. The van der Waals surface area contributed by atoms with Gasteiger partial charge in [0.2, 0.25) is 5.91 Å². The van der Waals surface area contributed by atoms with E-state index in [4.69, 9.17) is 4.74 Å². The Kier molecular flexibility index (Phi) is 7.53. The van der Waals surface area contributed by atoms with Gasteiger partial charge in [-0.15, -0.1) is 11.8 Å². The molecule has 2 aromatic carbocycles. The number of carbonyl (C=O) groups excluding carboxylic acids is 2. The molecule has 0 spiro atoms. The highest BCUT2D eigenvalue weighted by molar-refractivity contribution is 9.10. The summed E-state index contributed by atoms with van der Waals surface area (Å²) in [6.45, 7) is 4.20. The van der Waals surface area contributed by atoms with E-state index in [1.807, 2.05) is 49.4 Å². The number of ether oxygens (including phenoxy) is 1. The molecule has 1 saturated heterocycles. The van der Waals surface area contributed by atoms with E-state index in [9.17, 15) is 9.59 Å². The van der Waals surface area contributed by atoms with Gasteiger partial charge >= 0.3 is 0 Å². The van der Waals surface area contributed by atoms with Crippen LogP contribution in [0.3, 0.4) is 0 Å². The van der Waals surface area contributed by atoms with Gasteiger partial charge in [0.05, 0.1) is 13.2 Å². The molecule has 28 heavy (non-hydrogen) atoms. The summed E-state index contributed by atoms with van der Waals surface area (Å²) in [5.74, 6) is 0.611. The highest BCUT2D eigenvalue weighted by Gasteiger charge is 2.21. The summed E-state index contributed by atoms with van der Waals surface area (Å²) in [6, 6.07) is 13.4. The van der Waals surface area contributed by atoms with Crippen molar-refractivity contribution in [1.29, 1.82) is 0 Å². The van der Waals surface area contributed by atoms with Gasteiger partial charge in [-0.05, 0) is 52.7 Å². The number of carbonyl (C=O) groups is 2. The smallest absolute Gasteiger partial charge is 0.254 e. The van der Waals surface area contributed by atoms with Crippen molar-refractivity contribution in [2.24, 2.45) is 0 Å². The Labute approximate surface area is 178 Å². The lowest BCUT2D eigenvalue weighted by Gasteiger charge is -2.27. The third-order valence-corrected chi connectivity index (χ3v) is 6.59. The number of halogens is 1. The molecule has 0 radical (unpaired) electrons. The summed E-state index contributed by atoms with van der Waals surface area (Å²) in [5, 5.41) is 2.95. The number of benzene rings is 2. The highest BCUT2D eigenvalue weighted by atomic mass is 79.9. The lowest BCUT2D eigenvalue weighted by atomic mass is 10.0. The van der Waals surface area contributed by atoms with Crippen LogP contribution in [-0.4, -0.2) is 48.8 Å². The van der Waals surface area contributed by atoms with E-state index in [1.54, 1.807) is 16.7 Å². The van der Waals surface area contributed by atoms with Gasteiger partial charge in [-0.3, -0.25) is 9.59 Å². The van der Waals surface area contributed by atoms with Gasteiger partial charge in [-0.25, -0.2) is 0 Å². The standard InChI is InChI=1S/C21H23BrN2O3S/c1-15-16(21(26)24-10-12-27-13-11-24)5-4-7-18(15)23-20(25)9-14-28-19-8-3-2-6-17(19)22/h2-8H,9-14H2,1H3,(H,23,25). The normalized spacial score (nSPS) is 14.0. The number of amides is 2. The first-order chi connectivity index (χ1) is 13.6. The van der Waals surface area contributed by atoms with Gasteiger partial charge in [-0.1, -0.05) is 18.2 Å². The molecule has 2 amide bonds. The van der Waals surface area contributed by atoms with Crippen LogP contribution in [0.4, 0.5) is 5.69 Å². The summed E-state index contributed by atoms with van der Waals surface area (Å²) < 4.78 is 6.35. The molecule has 7 heteroatoms. The van der Waals surface area contributed by atoms with Crippen LogP contribution >= 0.6 is 27.7 Å². The zero-order chi connectivity index (χ0) is 19.9. The predicted octanol–water partition coefficient (Wildman–Crippen LogP) is 4.35. The molecule has 0 aromatic heterocycles. The Hall–Kier alpha value is -1.83. The number of thioether (sulfide) groups is 1. The Morgan fingerprint density at radius 1 is 1.14 bits per heavy atom. The van der Waals surface area contributed by atoms with Gasteiger partial charge in [0.15, 0.2) is 0 Å². The first-order valence-corrected chi connectivity index (χ1v) is 11.0. The fraction of sp³-hybridized carbons (Fsp3) is 0.333. The van der Waals surface area contributed by atoms with E-state index in [2.05, 4.69) is 21.2 Å². The van der Waals surface area contributed by atoms with E-state index in [0.717, 1.165) is 14.9 Å². The van der Waals surface area contributed by atoms with E-state index >= 15 is 0 Å². The van der Waals surface area contributed by atoms with Crippen LogP contribution in [0, 0.1) is 6.92 Å². The van der Waals surface area contributed by atoms with Crippen LogP contribution in [0.15, 0.2) is 51.8 Å². The number of morpholine rings is 1. The zero-order valence-corrected chi connectivity index (χ0v) is 18.1. The topological polar surface area (TPSA) is 58.6 Å². The van der Waals surface area contributed by atoms with Crippen molar-refractivity contribution in [2.45, 2.75) is 18.2 Å². The lowest BCUT2D eigenvalue weighted by molar-refractivity contribution is -0.115. The Morgan fingerprint density at radius 2 is 1.89 bits per heavy atom. The third-order valence-electron chi connectivity index (χ3n) is 4.56. The van der Waals surface area contributed by atoms with E-state index in [1.165, 1.54) is 0 Å². The molecular formula is C21H23BrN2O3S. The molecule has 0 saturated carbocycles. The van der Waals surface area contributed by atoms with Crippen LogP contribution in [0.5, 0.6) is 0 Å². The monoisotopic (exact) mass is 462 g/mol. The molecule has 0 bridgehead atoms. The fourth-order valence-electron chi connectivity index (χ4n) is 2.97. The molecule has 1 fully saturated rings. The zero-order valence-electron chi connectivity index (χ0n) is 15.7. The molecule has 148 valence electrons. The summed E-state index contributed by atoms with van der Waals surface area (Å²) >= 11 is 5.15. The van der Waals surface area contributed by atoms with Crippen LogP contribution in [0.1, 0.15) is 22.3 Å². The second kappa shape index (κ2) is 10.1. The molecule has 1 N–H and O–H groups in total. The SMILES string of the molecule is Cc1c(NC(=O)CCSc2ccccc2Br)cccc1C(=O)N1CCOCC1. The predicted molar refractivity (Wildman–Crippen MR) is 116 cm³/mol. The minimum absolute atomic E-state index is 0.0126. The molecule has 1 heterocycles.